The Morgan fingerprint density at radius 1 is 0.560 bits per heavy atom. The second-order valence-corrected chi connectivity index (χ2v) is 6.59. The first kappa shape index (κ1) is 17.4. The van der Waals surface area contributed by atoms with Crippen LogP contribution in [-0.2, 0) is 6.42 Å². The lowest BCUT2D eigenvalue weighted by Gasteiger charge is -2.07. The monoisotopic (exact) mass is 332 g/mol. The summed E-state index contributed by atoms with van der Waals surface area (Å²) < 4.78 is 13.0. The number of rotatable bonds is 7. The molecule has 3 rings (SSSR count). The van der Waals surface area contributed by atoms with E-state index in [1.165, 1.54) is 60.9 Å². The molecular formula is C24H25F. The largest absolute Gasteiger partial charge is 0.207 e. The molecule has 0 atom stereocenters. The van der Waals surface area contributed by atoms with Crippen molar-refractivity contribution in [1.82, 2.24) is 0 Å². The van der Waals surface area contributed by atoms with Crippen molar-refractivity contribution in [1.29, 1.82) is 0 Å². The fourth-order valence-corrected chi connectivity index (χ4v) is 3.12. The van der Waals surface area contributed by atoms with E-state index in [1.807, 2.05) is 12.1 Å². The van der Waals surface area contributed by atoms with Crippen molar-refractivity contribution in [2.75, 3.05) is 0 Å². The van der Waals surface area contributed by atoms with Crippen LogP contribution in [0.15, 0.2) is 72.8 Å². The predicted molar refractivity (Wildman–Crippen MR) is 105 cm³/mol. The summed E-state index contributed by atoms with van der Waals surface area (Å²) in [5.41, 5.74) is 6.01. The van der Waals surface area contributed by atoms with Gasteiger partial charge in [0.1, 0.15) is 5.82 Å². The van der Waals surface area contributed by atoms with Crippen LogP contribution in [0.25, 0.3) is 22.3 Å². The normalized spacial score (nSPS) is 10.8. The summed E-state index contributed by atoms with van der Waals surface area (Å²) in [6.45, 7) is 2.25. The Morgan fingerprint density at radius 2 is 1.00 bits per heavy atom. The van der Waals surface area contributed by atoms with Gasteiger partial charge in [-0.05, 0) is 52.8 Å². The SMILES string of the molecule is CCCCCCc1ccc(-c2ccc(-c3ccc(F)cc3)cc2)cc1. The minimum absolute atomic E-state index is 0.199. The first-order chi connectivity index (χ1) is 12.3. The highest BCUT2D eigenvalue weighted by Crippen LogP contribution is 2.25. The molecule has 0 nitrogen and oxygen atoms in total. The molecule has 0 saturated heterocycles. The van der Waals surface area contributed by atoms with Crippen LogP contribution in [0.2, 0.25) is 0 Å². The van der Waals surface area contributed by atoms with Gasteiger partial charge < -0.3 is 0 Å². The second-order valence-electron chi connectivity index (χ2n) is 6.59. The number of halogens is 1. The molecule has 0 aliphatic rings. The third-order valence-electron chi connectivity index (χ3n) is 4.67. The Labute approximate surface area is 150 Å². The van der Waals surface area contributed by atoms with Crippen LogP contribution in [0.1, 0.15) is 38.2 Å². The smallest absolute Gasteiger partial charge is 0.123 e. The van der Waals surface area contributed by atoms with E-state index in [4.69, 9.17) is 0 Å². The molecule has 0 radical (unpaired) electrons. The molecule has 1 heteroatoms. The van der Waals surface area contributed by atoms with Gasteiger partial charge in [-0.25, -0.2) is 4.39 Å². The molecule has 0 aliphatic carbocycles. The molecule has 0 spiro atoms. The molecule has 25 heavy (non-hydrogen) atoms. The van der Waals surface area contributed by atoms with E-state index < -0.39 is 0 Å². The molecular weight excluding hydrogens is 307 g/mol. The van der Waals surface area contributed by atoms with Gasteiger partial charge in [0.05, 0.1) is 0 Å². The van der Waals surface area contributed by atoms with Gasteiger partial charge in [-0.1, -0.05) is 86.8 Å². The van der Waals surface area contributed by atoms with E-state index in [0.29, 0.717) is 0 Å². The van der Waals surface area contributed by atoms with Gasteiger partial charge in [0.25, 0.3) is 0 Å². The highest BCUT2D eigenvalue weighted by Gasteiger charge is 2.02. The Hall–Kier alpha value is -2.41. The fourth-order valence-electron chi connectivity index (χ4n) is 3.12. The number of hydrogen-bond acceptors (Lipinski definition) is 0. The highest BCUT2D eigenvalue weighted by molar-refractivity contribution is 5.70. The molecule has 0 aromatic heterocycles. The number of hydrogen-bond donors (Lipinski definition) is 0. The summed E-state index contributed by atoms with van der Waals surface area (Å²) in [7, 11) is 0. The van der Waals surface area contributed by atoms with Crippen LogP contribution >= 0.6 is 0 Å². The molecule has 0 heterocycles. The molecule has 0 fully saturated rings. The standard InChI is InChI=1S/C24H25F/c1-2-3-4-5-6-19-7-9-20(10-8-19)21-11-13-22(14-12-21)23-15-17-24(25)18-16-23/h7-18H,2-6H2,1H3. The van der Waals surface area contributed by atoms with Crippen molar-refractivity contribution in [2.45, 2.75) is 39.0 Å². The van der Waals surface area contributed by atoms with Gasteiger partial charge in [-0.3, -0.25) is 0 Å². The lowest BCUT2D eigenvalue weighted by molar-refractivity contribution is 0.628. The van der Waals surface area contributed by atoms with Crippen LogP contribution in [0.4, 0.5) is 4.39 Å². The maximum atomic E-state index is 13.0. The number of aryl methyl sites for hydroxylation is 1. The van der Waals surface area contributed by atoms with Gasteiger partial charge in [0, 0.05) is 0 Å². The maximum absolute atomic E-state index is 13.0. The zero-order valence-corrected chi connectivity index (χ0v) is 14.8. The van der Waals surface area contributed by atoms with Crippen molar-refractivity contribution >= 4 is 0 Å². The minimum atomic E-state index is -0.199. The third kappa shape index (κ3) is 4.79. The Balaban J connectivity index is 1.66. The fraction of sp³-hybridized carbons (Fsp3) is 0.250. The van der Waals surface area contributed by atoms with Crippen molar-refractivity contribution in [3.63, 3.8) is 0 Å². The van der Waals surface area contributed by atoms with E-state index in [2.05, 4.69) is 55.5 Å². The molecule has 0 N–H and O–H groups in total. The lowest BCUT2D eigenvalue weighted by Crippen LogP contribution is -1.86. The molecule has 0 saturated carbocycles. The third-order valence-corrected chi connectivity index (χ3v) is 4.67. The van der Waals surface area contributed by atoms with Crippen molar-refractivity contribution in [3.8, 4) is 22.3 Å². The van der Waals surface area contributed by atoms with E-state index in [0.717, 1.165) is 11.1 Å². The summed E-state index contributed by atoms with van der Waals surface area (Å²) >= 11 is 0. The Bertz CT molecular complexity index is 768. The first-order valence-electron chi connectivity index (χ1n) is 9.21. The molecule has 3 aromatic rings. The molecule has 3 aromatic carbocycles. The topological polar surface area (TPSA) is 0 Å². The van der Waals surface area contributed by atoms with Crippen molar-refractivity contribution in [3.05, 3.63) is 84.2 Å². The maximum Gasteiger partial charge on any atom is 0.123 e. The summed E-state index contributed by atoms with van der Waals surface area (Å²) in [6.07, 6.45) is 6.39. The van der Waals surface area contributed by atoms with Crippen LogP contribution < -0.4 is 0 Å². The summed E-state index contributed by atoms with van der Waals surface area (Å²) in [5, 5.41) is 0. The van der Waals surface area contributed by atoms with E-state index in [1.54, 1.807) is 0 Å². The van der Waals surface area contributed by atoms with Gasteiger partial charge in [0.2, 0.25) is 0 Å². The van der Waals surface area contributed by atoms with Gasteiger partial charge in [-0.2, -0.15) is 0 Å². The van der Waals surface area contributed by atoms with Crippen molar-refractivity contribution in [2.24, 2.45) is 0 Å². The highest BCUT2D eigenvalue weighted by atomic mass is 19.1. The Kier molecular flexibility index (Phi) is 6.00. The zero-order valence-electron chi connectivity index (χ0n) is 14.8. The van der Waals surface area contributed by atoms with Crippen LogP contribution in [0, 0.1) is 5.82 Å². The molecule has 0 unspecified atom stereocenters. The summed E-state index contributed by atoms with van der Waals surface area (Å²) in [6, 6.07) is 24.0. The van der Waals surface area contributed by atoms with Crippen LogP contribution in [0.3, 0.4) is 0 Å². The van der Waals surface area contributed by atoms with Crippen LogP contribution in [-0.4, -0.2) is 0 Å². The number of benzene rings is 3. The average Bonchev–Trinajstić information content (AvgIpc) is 2.67. The average molecular weight is 332 g/mol. The predicted octanol–water partition coefficient (Wildman–Crippen LogP) is 7.28. The summed E-state index contributed by atoms with van der Waals surface area (Å²) in [5.74, 6) is -0.199. The summed E-state index contributed by atoms with van der Waals surface area (Å²) in [4.78, 5) is 0. The van der Waals surface area contributed by atoms with E-state index in [-0.39, 0.29) is 5.82 Å². The molecule has 128 valence electrons. The van der Waals surface area contributed by atoms with E-state index >= 15 is 0 Å². The minimum Gasteiger partial charge on any atom is -0.207 e. The zero-order chi connectivity index (χ0) is 17.5. The molecule has 0 aliphatic heterocycles. The molecule has 0 amide bonds. The van der Waals surface area contributed by atoms with Crippen molar-refractivity contribution < 1.29 is 4.39 Å². The molecule has 0 bridgehead atoms. The lowest BCUT2D eigenvalue weighted by atomic mass is 9.98. The number of unbranched alkanes of at least 4 members (excludes halogenated alkanes) is 3. The van der Waals surface area contributed by atoms with Gasteiger partial charge >= 0.3 is 0 Å². The van der Waals surface area contributed by atoms with E-state index in [9.17, 15) is 4.39 Å². The first-order valence-corrected chi connectivity index (χ1v) is 9.21. The van der Waals surface area contributed by atoms with Gasteiger partial charge in [0.15, 0.2) is 0 Å². The van der Waals surface area contributed by atoms with Gasteiger partial charge in [-0.15, -0.1) is 0 Å². The Morgan fingerprint density at radius 3 is 1.48 bits per heavy atom. The second kappa shape index (κ2) is 8.62. The van der Waals surface area contributed by atoms with Crippen LogP contribution in [0.5, 0.6) is 0 Å². The quantitative estimate of drug-likeness (QED) is 0.399.